The van der Waals surface area contributed by atoms with Crippen LogP contribution in [0.1, 0.15) is 18.9 Å². The summed E-state index contributed by atoms with van der Waals surface area (Å²) in [5.74, 6) is 0.0594. The highest BCUT2D eigenvalue weighted by Gasteiger charge is 2.22. The molecule has 1 fully saturated rings. The van der Waals surface area contributed by atoms with Crippen molar-refractivity contribution in [2.45, 2.75) is 26.3 Å². The molecule has 1 saturated heterocycles. The lowest BCUT2D eigenvalue weighted by molar-refractivity contribution is -0.117. The van der Waals surface area contributed by atoms with E-state index in [1.54, 1.807) is 0 Å². The molecule has 1 aliphatic rings. The van der Waals surface area contributed by atoms with Crippen molar-refractivity contribution < 1.29 is 4.79 Å². The fourth-order valence-corrected chi connectivity index (χ4v) is 3.07. The van der Waals surface area contributed by atoms with Crippen LogP contribution in [-0.4, -0.2) is 43.0 Å². The van der Waals surface area contributed by atoms with Crippen molar-refractivity contribution in [1.82, 2.24) is 10.2 Å². The van der Waals surface area contributed by atoms with Crippen LogP contribution in [0.25, 0.3) is 0 Å². The lowest BCUT2D eigenvalue weighted by Gasteiger charge is -2.26. The van der Waals surface area contributed by atoms with E-state index in [2.05, 4.69) is 38.4 Å². The van der Waals surface area contributed by atoms with Crippen LogP contribution in [0.5, 0.6) is 0 Å². The number of nitrogens with zero attached hydrogens (tertiary/aromatic N) is 1. The summed E-state index contributed by atoms with van der Waals surface area (Å²) in [5.41, 5.74) is 1.96. The molecule has 1 amide bonds. The molecule has 5 heteroatoms. The first-order chi connectivity index (χ1) is 9.60. The lowest BCUT2D eigenvalue weighted by atomic mass is 10.2. The van der Waals surface area contributed by atoms with Gasteiger partial charge < -0.3 is 10.6 Å². The lowest BCUT2D eigenvalue weighted by Crippen LogP contribution is -2.41. The molecule has 1 aromatic rings. The quantitative estimate of drug-likeness (QED) is 0.865. The van der Waals surface area contributed by atoms with Crippen molar-refractivity contribution in [1.29, 1.82) is 0 Å². The SMILES string of the molecule is CCN(CC(=O)Nc1ccc(Br)cc1C)C1CCNC1. The van der Waals surface area contributed by atoms with Gasteiger partial charge in [0, 0.05) is 22.7 Å². The average Bonchev–Trinajstić information content (AvgIpc) is 2.93. The molecule has 0 bridgehead atoms. The van der Waals surface area contributed by atoms with E-state index in [4.69, 9.17) is 0 Å². The van der Waals surface area contributed by atoms with Gasteiger partial charge in [-0.2, -0.15) is 0 Å². The topological polar surface area (TPSA) is 44.4 Å². The molecule has 1 atom stereocenters. The number of rotatable bonds is 5. The van der Waals surface area contributed by atoms with E-state index in [0.29, 0.717) is 12.6 Å². The van der Waals surface area contributed by atoms with Crippen LogP contribution < -0.4 is 10.6 Å². The van der Waals surface area contributed by atoms with Gasteiger partial charge in [-0.1, -0.05) is 22.9 Å². The summed E-state index contributed by atoms with van der Waals surface area (Å²) in [6.45, 7) is 7.50. The third kappa shape index (κ3) is 4.04. The molecule has 4 nitrogen and oxygen atoms in total. The standard InChI is InChI=1S/C15H22BrN3O/c1-3-19(13-6-7-17-9-13)10-15(20)18-14-5-4-12(16)8-11(14)2/h4-5,8,13,17H,3,6-7,9-10H2,1-2H3,(H,18,20). The van der Waals surface area contributed by atoms with Crippen molar-refractivity contribution >= 4 is 27.5 Å². The first kappa shape index (κ1) is 15.5. The normalized spacial score (nSPS) is 18.5. The number of carbonyl (C=O) groups excluding carboxylic acids is 1. The van der Waals surface area contributed by atoms with Crippen LogP contribution in [0.3, 0.4) is 0 Å². The maximum absolute atomic E-state index is 12.2. The number of hydrogen-bond donors (Lipinski definition) is 2. The highest BCUT2D eigenvalue weighted by Crippen LogP contribution is 2.20. The van der Waals surface area contributed by atoms with Crippen molar-refractivity contribution in [3.63, 3.8) is 0 Å². The minimum atomic E-state index is 0.0594. The van der Waals surface area contributed by atoms with Crippen LogP contribution in [0.2, 0.25) is 0 Å². The summed E-state index contributed by atoms with van der Waals surface area (Å²) >= 11 is 3.43. The Morgan fingerprint density at radius 2 is 2.35 bits per heavy atom. The second-order valence-corrected chi connectivity index (χ2v) is 6.13. The average molecular weight is 340 g/mol. The zero-order valence-corrected chi connectivity index (χ0v) is 13.7. The van der Waals surface area contributed by atoms with E-state index in [1.807, 2.05) is 25.1 Å². The largest absolute Gasteiger partial charge is 0.325 e. The predicted molar refractivity (Wildman–Crippen MR) is 86.0 cm³/mol. The van der Waals surface area contributed by atoms with Crippen LogP contribution in [0, 0.1) is 6.92 Å². The zero-order valence-electron chi connectivity index (χ0n) is 12.1. The predicted octanol–water partition coefficient (Wildman–Crippen LogP) is 2.38. The van der Waals surface area contributed by atoms with Crippen LogP contribution in [0.15, 0.2) is 22.7 Å². The molecule has 20 heavy (non-hydrogen) atoms. The number of anilines is 1. The number of amides is 1. The Morgan fingerprint density at radius 1 is 1.55 bits per heavy atom. The third-order valence-electron chi connectivity index (χ3n) is 3.77. The highest BCUT2D eigenvalue weighted by molar-refractivity contribution is 9.10. The number of hydrogen-bond acceptors (Lipinski definition) is 3. The van der Waals surface area contributed by atoms with E-state index in [-0.39, 0.29) is 5.91 Å². The number of benzene rings is 1. The summed E-state index contributed by atoms with van der Waals surface area (Å²) in [5, 5.41) is 6.35. The highest BCUT2D eigenvalue weighted by atomic mass is 79.9. The van der Waals surface area contributed by atoms with Crippen LogP contribution >= 0.6 is 15.9 Å². The van der Waals surface area contributed by atoms with Gasteiger partial charge in [0.15, 0.2) is 0 Å². The smallest absolute Gasteiger partial charge is 0.238 e. The molecule has 1 aromatic carbocycles. The second-order valence-electron chi connectivity index (χ2n) is 5.22. The first-order valence-electron chi connectivity index (χ1n) is 7.11. The Balaban J connectivity index is 1.93. The Morgan fingerprint density at radius 3 is 2.95 bits per heavy atom. The van der Waals surface area contributed by atoms with Crippen LogP contribution in [-0.2, 0) is 4.79 Å². The van der Waals surface area contributed by atoms with Crippen molar-refractivity contribution in [2.24, 2.45) is 0 Å². The van der Waals surface area contributed by atoms with Gasteiger partial charge in [-0.25, -0.2) is 0 Å². The van der Waals surface area contributed by atoms with Crippen molar-refractivity contribution in [3.05, 3.63) is 28.2 Å². The monoisotopic (exact) mass is 339 g/mol. The van der Waals surface area contributed by atoms with E-state index < -0.39 is 0 Å². The third-order valence-corrected chi connectivity index (χ3v) is 4.26. The Kier molecular flexibility index (Phi) is 5.57. The minimum absolute atomic E-state index is 0.0594. The van der Waals surface area contributed by atoms with Gasteiger partial charge in [0.1, 0.15) is 0 Å². The zero-order chi connectivity index (χ0) is 14.5. The van der Waals surface area contributed by atoms with E-state index in [9.17, 15) is 4.79 Å². The first-order valence-corrected chi connectivity index (χ1v) is 7.90. The van der Waals surface area contributed by atoms with Crippen molar-refractivity contribution in [2.75, 3.05) is 31.5 Å². The van der Waals surface area contributed by atoms with Gasteiger partial charge in [-0.3, -0.25) is 9.69 Å². The Labute approximate surface area is 129 Å². The van der Waals surface area contributed by atoms with Gasteiger partial charge in [0.05, 0.1) is 6.54 Å². The van der Waals surface area contributed by atoms with Gasteiger partial charge >= 0.3 is 0 Å². The molecule has 0 spiro atoms. The molecular weight excluding hydrogens is 318 g/mol. The summed E-state index contributed by atoms with van der Waals surface area (Å²) in [6.07, 6.45) is 1.12. The van der Waals surface area contributed by atoms with E-state index >= 15 is 0 Å². The fraction of sp³-hybridized carbons (Fsp3) is 0.533. The fourth-order valence-electron chi connectivity index (χ4n) is 2.59. The number of halogens is 1. The number of carbonyl (C=O) groups is 1. The van der Waals surface area contributed by atoms with E-state index in [1.165, 1.54) is 0 Å². The number of nitrogens with one attached hydrogen (secondary N) is 2. The number of likely N-dealkylation sites (N-methyl/N-ethyl adjacent to an activating group) is 1. The molecule has 1 aliphatic heterocycles. The molecule has 1 heterocycles. The molecule has 0 aromatic heterocycles. The summed E-state index contributed by atoms with van der Waals surface area (Å²) in [6, 6.07) is 6.37. The molecule has 110 valence electrons. The molecule has 2 rings (SSSR count). The molecule has 0 saturated carbocycles. The maximum atomic E-state index is 12.2. The summed E-state index contributed by atoms with van der Waals surface area (Å²) in [4.78, 5) is 14.4. The molecule has 1 unspecified atom stereocenters. The minimum Gasteiger partial charge on any atom is -0.325 e. The summed E-state index contributed by atoms with van der Waals surface area (Å²) < 4.78 is 1.03. The second kappa shape index (κ2) is 7.20. The van der Waals surface area contributed by atoms with Crippen LogP contribution in [0.4, 0.5) is 5.69 Å². The Hall–Kier alpha value is -0.910. The maximum Gasteiger partial charge on any atom is 0.238 e. The van der Waals surface area contributed by atoms with Gasteiger partial charge in [0.25, 0.3) is 0 Å². The van der Waals surface area contributed by atoms with Gasteiger partial charge in [0.2, 0.25) is 5.91 Å². The van der Waals surface area contributed by atoms with Gasteiger partial charge in [-0.15, -0.1) is 0 Å². The molecule has 2 N–H and O–H groups in total. The van der Waals surface area contributed by atoms with Gasteiger partial charge in [-0.05, 0) is 50.2 Å². The van der Waals surface area contributed by atoms with Crippen molar-refractivity contribution in [3.8, 4) is 0 Å². The molecular formula is C15H22BrN3O. The van der Waals surface area contributed by atoms with E-state index in [0.717, 1.165) is 41.8 Å². The molecule has 0 radical (unpaired) electrons. The number of aryl methyl sites for hydroxylation is 1. The summed E-state index contributed by atoms with van der Waals surface area (Å²) in [7, 11) is 0. The molecule has 0 aliphatic carbocycles. The Bertz CT molecular complexity index is 472.